The van der Waals surface area contributed by atoms with Crippen LogP contribution in [0.4, 0.5) is 0 Å². The van der Waals surface area contributed by atoms with Crippen LogP contribution in [-0.2, 0) is 12.8 Å². The van der Waals surface area contributed by atoms with Crippen molar-refractivity contribution < 1.29 is 23.7 Å². The fraction of sp³-hybridized carbons (Fsp3) is 0.318. The molecule has 6 nitrogen and oxygen atoms in total. The normalized spacial score (nSPS) is 12.2. The molecule has 1 heterocycles. The smallest absolute Gasteiger partial charge is 0.251 e. The lowest BCUT2D eigenvalue weighted by Crippen LogP contribution is -2.26. The number of fused-ring (bicyclic) bond motifs is 1. The molecule has 0 unspecified atom stereocenters. The highest BCUT2D eigenvalue weighted by atomic mass is 35.5. The molecule has 0 aliphatic carbocycles. The van der Waals surface area contributed by atoms with Gasteiger partial charge in [-0.15, -0.1) is 6.58 Å². The van der Waals surface area contributed by atoms with Crippen molar-refractivity contribution in [1.29, 1.82) is 0 Å². The fourth-order valence-corrected chi connectivity index (χ4v) is 3.50. The molecule has 29 heavy (non-hydrogen) atoms. The van der Waals surface area contributed by atoms with Crippen molar-refractivity contribution in [2.24, 2.45) is 0 Å². The number of amides is 1. The molecule has 7 heteroatoms. The maximum atomic E-state index is 12.7. The third-order valence-electron chi connectivity index (χ3n) is 4.54. The number of ether oxygens (including phenoxy) is 4. The molecule has 1 amide bonds. The minimum absolute atomic E-state index is 0.195. The van der Waals surface area contributed by atoms with Gasteiger partial charge < -0.3 is 24.3 Å². The monoisotopic (exact) mass is 417 g/mol. The summed E-state index contributed by atoms with van der Waals surface area (Å²) in [7, 11) is 3.12. The maximum absolute atomic E-state index is 12.7. The Morgan fingerprint density at radius 1 is 1.21 bits per heavy atom. The molecule has 0 bridgehead atoms. The summed E-state index contributed by atoms with van der Waals surface area (Å²) in [4.78, 5) is 12.7. The van der Waals surface area contributed by atoms with E-state index in [1.165, 1.54) is 0 Å². The molecule has 0 saturated heterocycles. The molecule has 1 aliphatic rings. The number of methoxy groups -OCH3 is 2. The Kier molecular flexibility index (Phi) is 6.88. The number of allylic oxidation sites excluding steroid dienone is 1. The third-order valence-corrected chi connectivity index (χ3v) is 4.82. The van der Waals surface area contributed by atoms with E-state index >= 15 is 0 Å². The lowest BCUT2D eigenvalue weighted by atomic mass is 10.0. The fourth-order valence-electron chi connectivity index (χ4n) is 3.21. The summed E-state index contributed by atoms with van der Waals surface area (Å²) < 4.78 is 21.9. The van der Waals surface area contributed by atoms with Gasteiger partial charge in [0.2, 0.25) is 0 Å². The van der Waals surface area contributed by atoms with Crippen LogP contribution in [0.3, 0.4) is 0 Å². The molecule has 2 aromatic rings. The zero-order valence-corrected chi connectivity index (χ0v) is 17.3. The number of carbonyl (C=O) groups is 1. The zero-order chi connectivity index (χ0) is 20.8. The number of carbonyl (C=O) groups excluding carboxylic acids is 1. The van der Waals surface area contributed by atoms with Gasteiger partial charge in [-0.05, 0) is 42.7 Å². The summed E-state index contributed by atoms with van der Waals surface area (Å²) in [5, 5.41) is 3.44. The van der Waals surface area contributed by atoms with Crippen LogP contribution < -0.4 is 24.3 Å². The summed E-state index contributed by atoms with van der Waals surface area (Å²) >= 11 is 6.27. The van der Waals surface area contributed by atoms with Crippen molar-refractivity contribution >= 4 is 17.5 Å². The van der Waals surface area contributed by atoms with Crippen LogP contribution in [0.15, 0.2) is 36.9 Å². The van der Waals surface area contributed by atoms with Crippen LogP contribution in [0.2, 0.25) is 5.02 Å². The SMILES string of the molecule is C=CCc1cc(C(=O)NCCc2cc(Cl)c3c(c2)OCCO3)cc(OC)c1OC. The van der Waals surface area contributed by atoms with E-state index in [-0.39, 0.29) is 5.91 Å². The summed E-state index contributed by atoms with van der Waals surface area (Å²) in [6.07, 6.45) is 2.93. The van der Waals surface area contributed by atoms with Crippen LogP contribution in [0.5, 0.6) is 23.0 Å². The number of hydrogen-bond acceptors (Lipinski definition) is 5. The first-order chi connectivity index (χ1) is 14.1. The molecule has 1 aliphatic heterocycles. The van der Waals surface area contributed by atoms with E-state index in [2.05, 4.69) is 11.9 Å². The van der Waals surface area contributed by atoms with Crippen molar-refractivity contribution in [3.63, 3.8) is 0 Å². The maximum Gasteiger partial charge on any atom is 0.251 e. The van der Waals surface area contributed by atoms with Crippen LogP contribution in [0, 0.1) is 0 Å². The highest BCUT2D eigenvalue weighted by Gasteiger charge is 2.18. The average Bonchev–Trinajstić information content (AvgIpc) is 2.73. The molecule has 3 rings (SSSR count). The van der Waals surface area contributed by atoms with Gasteiger partial charge in [0, 0.05) is 17.7 Å². The van der Waals surface area contributed by atoms with Crippen LogP contribution in [0.25, 0.3) is 0 Å². The predicted molar refractivity (Wildman–Crippen MR) is 112 cm³/mol. The van der Waals surface area contributed by atoms with Gasteiger partial charge in [0.25, 0.3) is 5.91 Å². The van der Waals surface area contributed by atoms with Crippen molar-refractivity contribution in [1.82, 2.24) is 5.32 Å². The minimum Gasteiger partial charge on any atom is -0.493 e. The van der Waals surface area contributed by atoms with Gasteiger partial charge in [0.15, 0.2) is 23.0 Å². The van der Waals surface area contributed by atoms with Crippen LogP contribution >= 0.6 is 11.6 Å². The Bertz CT molecular complexity index is 913. The van der Waals surface area contributed by atoms with E-state index in [0.29, 0.717) is 66.2 Å². The molecule has 0 radical (unpaired) electrons. The Morgan fingerprint density at radius 3 is 2.72 bits per heavy atom. The van der Waals surface area contributed by atoms with Gasteiger partial charge in [0.1, 0.15) is 13.2 Å². The predicted octanol–water partition coefficient (Wildman–Crippen LogP) is 3.83. The van der Waals surface area contributed by atoms with Crippen molar-refractivity contribution in [2.75, 3.05) is 34.0 Å². The summed E-state index contributed by atoms with van der Waals surface area (Å²) in [6, 6.07) is 7.19. The lowest BCUT2D eigenvalue weighted by molar-refractivity contribution is 0.0953. The van der Waals surface area contributed by atoms with E-state index in [0.717, 1.165) is 11.1 Å². The second-order valence-corrected chi connectivity index (χ2v) is 6.88. The molecule has 0 atom stereocenters. The Morgan fingerprint density at radius 2 is 2.00 bits per heavy atom. The van der Waals surface area contributed by atoms with E-state index in [9.17, 15) is 4.79 Å². The molecular formula is C22H24ClNO5. The molecule has 0 spiro atoms. The van der Waals surface area contributed by atoms with Crippen molar-refractivity contribution in [2.45, 2.75) is 12.8 Å². The Labute approximate surface area is 175 Å². The van der Waals surface area contributed by atoms with E-state index in [1.807, 2.05) is 12.1 Å². The second kappa shape index (κ2) is 9.56. The van der Waals surface area contributed by atoms with E-state index in [1.54, 1.807) is 32.4 Å². The van der Waals surface area contributed by atoms with E-state index in [4.69, 9.17) is 30.5 Å². The zero-order valence-electron chi connectivity index (χ0n) is 16.5. The topological polar surface area (TPSA) is 66.0 Å². The van der Waals surface area contributed by atoms with E-state index < -0.39 is 0 Å². The molecule has 0 aromatic heterocycles. The number of hydrogen-bond donors (Lipinski definition) is 1. The van der Waals surface area contributed by atoms with Crippen LogP contribution in [0.1, 0.15) is 21.5 Å². The van der Waals surface area contributed by atoms with Crippen molar-refractivity contribution in [3.05, 3.63) is 58.6 Å². The van der Waals surface area contributed by atoms with Crippen LogP contribution in [-0.4, -0.2) is 39.9 Å². The molecule has 154 valence electrons. The summed E-state index contributed by atoms with van der Waals surface area (Å²) in [6.45, 7) is 5.18. The standard InChI is InChI=1S/C22H24ClNO5/c1-4-5-15-12-16(13-18(26-2)20(15)27-3)22(25)24-7-6-14-10-17(23)21-19(11-14)28-8-9-29-21/h4,10-13H,1,5-9H2,2-3H3,(H,24,25). The van der Waals surface area contributed by atoms with Gasteiger partial charge in [-0.3, -0.25) is 4.79 Å². The number of rotatable bonds is 8. The molecule has 1 N–H and O–H groups in total. The minimum atomic E-state index is -0.195. The quantitative estimate of drug-likeness (QED) is 0.661. The van der Waals surface area contributed by atoms with Gasteiger partial charge in [0.05, 0.1) is 19.2 Å². The first-order valence-corrected chi connectivity index (χ1v) is 9.67. The van der Waals surface area contributed by atoms with Crippen molar-refractivity contribution in [3.8, 4) is 23.0 Å². The first kappa shape index (κ1) is 20.9. The van der Waals surface area contributed by atoms with Gasteiger partial charge in [-0.2, -0.15) is 0 Å². The Balaban J connectivity index is 1.69. The summed E-state index contributed by atoms with van der Waals surface area (Å²) in [5.41, 5.74) is 2.30. The Hall–Kier alpha value is -2.86. The largest absolute Gasteiger partial charge is 0.493 e. The molecule has 0 fully saturated rings. The van der Waals surface area contributed by atoms with Gasteiger partial charge >= 0.3 is 0 Å². The molecular weight excluding hydrogens is 394 g/mol. The highest BCUT2D eigenvalue weighted by Crippen LogP contribution is 2.38. The van der Waals surface area contributed by atoms with Gasteiger partial charge in [-0.1, -0.05) is 17.7 Å². The second-order valence-electron chi connectivity index (χ2n) is 6.47. The first-order valence-electron chi connectivity index (χ1n) is 9.29. The number of nitrogens with one attached hydrogen (secondary N) is 1. The average molecular weight is 418 g/mol. The van der Waals surface area contributed by atoms with Gasteiger partial charge in [-0.25, -0.2) is 0 Å². The third kappa shape index (κ3) is 4.77. The molecule has 2 aromatic carbocycles. The number of halogens is 1. The highest BCUT2D eigenvalue weighted by molar-refractivity contribution is 6.32. The lowest BCUT2D eigenvalue weighted by Gasteiger charge is -2.20. The number of benzene rings is 2. The summed E-state index contributed by atoms with van der Waals surface area (Å²) in [5.74, 6) is 2.13. The molecule has 0 saturated carbocycles.